The van der Waals surface area contributed by atoms with E-state index in [1.54, 1.807) is 12.1 Å². The van der Waals surface area contributed by atoms with Gasteiger partial charge < -0.3 is 39.2 Å². The number of hydrogen-bond acceptors (Lipinski definition) is 8. The molecule has 0 amide bonds. The molecule has 10 nitrogen and oxygen atoms in total. The Morgan fingerprint density at radius 3 is 0.886 bits per heavy atom. The zero-order chi connectivity index (χ0) is 86.1. The molecule has 4 unspecified atom stereocenters. The van der Waals surface area contributed by atoms with Crippen LogP contribution in [0.15, 0.2) is 231 Å². The van der Waals surface area contributed by atoms with Gasteiger partial charge in [0.05, 0.1) is 22.7 Å². The molecule has 8 aromatic carbocycles. The van der Waals surface area contributed by atoms with Crippen molar-refractivity contribution in [2.45, 2.75) is 238 Å². The van der Waals surface area contributed by atoms with E-state index in [4.69, 9.17) is 4.11 Å². The van der Waals surface area contributed by atoms with Crippen molar-refractivity contribution in [2.24, 2.45) is 14.1 Å². The van der Waals surface area contributed by atoms with Crippen molar-refractivity contribution in [2.75, 3.05) is 57.6 Å². The van der Waals surface area contributed by atoms with Crippen LogP contribution >= 0.6 is 0 Å². The summed E-state index contributed by atoms with van der Waals surface area (Å²) in [4.78, 5) is 18.4. The summed E-state index contributed by atoms with van der Waals surface area (Å²) in [5, 5.41) is 0. The van der Waals surface area contributed by atoms with Crippen LogP contribution in [-0.2, 0) is 35.8 Å². The number of benzene rings is 8. The molecule has 0 N–H and O–H groups in total. The van der Waals surface area contributed by atoms with Crippen molar-refractivity contribution in [1.29, 1.82) is 0 Å². The lowest BCUT2D eigenvalue weighted by molar-refractivity contribution is -0.661. The minimum atomic E-state index is -2.07. The molecule has 4 aliphatic rings. The van der Waals surface area contributed by atoms with E-state index in [1.807, 2.05) is 13.0 Å². The summed E-state index contributed by atoms with van der Waals surface area (Å²) in [5.74, 6) is 0. The lowest BCUT2D eigenvalue weighted by Crippen LogP contribution is -2.37. The molecule has 10 aromatic rings. The topological polar surface area (TPSA) is 33.7 Å². The number of rotatable bonds is 14. The van der Waals surface area contributed by atoms with E-state index in [0.29, 0.717) is 30.2 Å². The number of para-hydroxylation sites is 8. The van der Waals surface area contributed by atoms with E-state index in [2.05, 4.69) is 456 Å². The van der Waals surface area contributed by atoms with Crippen molar-refractivity contribution < 1.29 is 13.2 Å². The molecule has 0 saturated carbocycles. The summed E-state index contributed by atoms with van der Waals surface area (Å²) in [6.45, 7) is 49.6. The molecule has 0 spiro atoms. The molecule has 114 heavy (non-hydrogen) atoms. The molecule has 4 atom stereocenters. The van der Waals surface area contributed by atoms with Gasteiger partial charge >= 0.3 is 0 Å². The van der Waals surface area contributed by atoms with Gasteiger partial charge in [0.15, 0.2) is 12.4 Å². The third-order valence-electron chi connectivity index (χ3n) is 25.5. The normalized spacial score (nSPS) is 16.8. The summed E-state index contributed by atoms with van der Waals surface area (Å²) in [6.07, 6.45) is 19.1. The third-order valence-corrected chi connectivity index (χ3v) is 25.5. The zero-order valence-electron chi connectivity index (χ0n) is 78.0. The number of pyridine rings is 2. The van der Waals surface area contributed by atoms with Crippen molar-refractivity contribution in [3.05, 3.63) is 298 Å². The summed E-state index contributed by atoms with van der Waals surface area (Å²) in [6, 6.07) is 68.3. The average Bonchev–Trinajstić information content (AvgIpc) is 1.24. The highest BCUT2D eigenvalue weighted by Crippen LogP contribution is 2.47. The van der Waals surface area contributed by atoms with Gasteiger partial charge in [-0.25, -0.2) is 9.13 Å². The van der Waals surface area contributed by atoms with Crippen LogP contribution in [0.3, 0.4) is 0 Å². The summed E-state index contributed by atoms with van der Waals surface area (Å²) < 4.78 is 27.5. The number of aromatic nitrogens is 2. The first kappa shape index (κ1) is 83.4. The Labute approximate surface area is 695 Å². The maximum atomic E-state index is 7.67. The van der Waals surface area contributed by atoms with Crippen molar-refractivity contribution >= 4 is 45.5 Å². The van der Waals surface area contributed by atoms with Crippen LogP contribution in [0.25, 0.3) is 22.5 Å². The Morgan fingerprint density at radius 2 is 0.596 bits per heavy atom. The van der Waals surface area contributed by atoms with Gasteiger partial charge in [-0.1, -0.05) is 216 Å². The molecule has 0 bridgehead atoms. The number of nitrogens with zero attached hydrogens (tertiary/aromatic N) is 10. The maximum absolute atomic E-state index is 7.67. The Balaban J connectivity index is 0.000000163. The second kappa shape index (κ2) is 37.0. The molecular weight excluding hydrogens is 1390 g/mol. The van der Waals surface area contributed by atoms with E-state index < -0.39 is 6.85 Å². The van der Waals surface area contributed by atoms with Gasteiger partial charge in [-0.05, 0) is 236 Å². The van der Waals surface area contributed by atoms with Crippen molar-refractivity contribution in [3.8, 4) is 22.5 Å². The molecule has 0 aliphatic carbocycles. The van der Waals surface area contributed by atoms with Crippen LogP contribution in [0, 0.1) is 55.3 Å². The molecule has 6 heterocycles. The lowest BCUT2D eigenvalue weighted by atomic mass is 9.71. The van der Waals surface area contributed by atoms with Crippen LogP contribution < -0.4 is 38.5 Å². The highest BCUT2D eigenvalue weighted by Gasteiger charge is 2.37. The number of anilines is 8. The Hall–Kier alpha value is -10.1. The van der Waals surface area contributed by atoms with Gasteiger partial charge in [-0.2, -0.15) is 0 Å². The quantitative estimate of drug-likeness (QED) is 0.0997. The second-order valence-electron chi connectivity index (χ2n) is 34.8. The van der Waals surface area contributed by atoms with E-state index in [-0.39, 0.29) is 21.7 Å². The predicted molar refractivity (Wildman–Crippen MR) is 494 cm³/mol. The summed E-state index contributed by atoms with van der Waals surface area (Å²) in [7, 11) is 12.8. The van der Waals surface area contributed by atoms with Gasteiger partial charge in [-0.15, -0.1) is 0 Å². The number of aryl methyl sites for hydroxylation is 10. The standard InChI is InChI=1S/2C24H36N.2C16H18N2.2C12H16N2/c2*1-10-23(5,6)20-15-22(19-13-12-17(3)14-18(19)4)25(9)16-21(20)24(7,8)11-2;2*1-12-8-4-5-9-14(12)18-13(2)17(3)15-10-6-7-11-16(15)18;2*1-10-6-4-5-7-12(10)14-9-8-13(3)11(14)2/h2*12-16H,10-11H2,1-9H3;2*4-11,13H,1-3H3;2*4-9,11H,1-3H3/q2*+1;;;;/i3D3;;;;;. The van der Waals surface area contributed by atoms with Crippen molar-refractivity contribution in [3.63, 3.8) is 0 Å². The fraction of sp³-hybridized carbons (Fsp3) is 0.404. The second-order valence-corrected chi connectivity index (χ2v) is 34.8. The predicted octanol–water partition coefficient (Wildman–Crippen LogP) is 25.3. The third kappa shape index (κ3) is 19.3. The molecule has 604 valence electrons. The molecular formula is C104H140N10+2. The molecule has 2 aromatic heterocycles. The summed E-state index contributed by atoms with van der Waals surface area (Å²) >= 11 is 0. The fourth-order valence-electron chi connectivity index (χ4n) is 15.8. The zero-order valence-corrected chi connectivity index (χ0v) is 75.0. The van der Waals surface area contributed by atoms with E-state index in [1.165, 1.54) is 112 Å². The summed E-state index contributed by atoms with van der Waals surface area (Å²) in [5.41, 5.74) is 30.8. The van der Waals surface area contributed by atoms with Crippen molar-refractivity contribution in [1.82, 2.24) is 9.80 Å². The molecule has 10 heteroatoms. The van der Waals surface area contributed by atoms with E-state index in [0.717, 1.165) is 42.5 Å². The molecule has 14 rings (SSSR count). The number of fused-ring (bicyclic) bond motifs is 2. The highest BCUT2D eigenvalue weighted by molar-refractivity contribution is 5.85. The monoisotopic (exact) mass is 1530 g/mol. The van der Waals surface area contributed by atoms with Crippen LogP contribution in [-0.4, -0.2) is 62.7 Å². The number of hydrogen-bond donors (Lipinski definition) is 0. The van der Waals surface area contributed by atoms with Gasteiger partial charge in [0, 0.05) is 114 Å². The largest absolute Gasteiger partial charge is 0.359 e. The van der Waals surface area contributed by atoms with E-state index in [9.17, 15) is 0 Å². The minimum Gasteiger partial charge on any atom is -0.359 e. The Morgan fingerprint density at radius 1 is 0.316 bits per heavy atom. The van der Waals surface area contributed by atoms with Crippen LogP contribution in [0.1, 0.15) is 207 Å². The Kier molecular flexibility index (Phi) is 27.1. The van der Waals surface area contributed by atoms with Crippen LogP contribution in [0.4, 0.5) is 45.5 Å². The SMILES string of the molecule is CCC(C)(C)c1cc(-c2ccc(C)cc2C)[n+](C)cc1C(C)(C)CC.Cc1ccccc1N1C=CN(C)C1C.Cc1ccccc1N1C=CN(C)C1C.Cc1ccccc1N1c2ccccc2N(C)C1C.Cc1ccccc1N1c2ccccc2N(C)C1C.[2H]C([2H])([2H])c1ccc(-c2cc(C(C)(C)CC)c(C(C)(C)CC)c[n+]2C)c(C)c1. The first-order valence-electron chi connectivity index (χ1n) is 43.2. The first-order chi connectivity index (χ1) is 55.1. The average molecular weight is 1530 g/mol. The van der Waals surface area contributed by atoms with Gasteiger partial charge in [0.1, 0.15) is 38.8 Å². The van der Waals surface area contributed by atoms with Crippen LogP contribution in [0.2, 0.25) is 0 Å². The maximum Gasteiger partial charge on any atom is 0.212 e. The molecule has 0 radical (unpaired) electrons. The van der Waals surface area contributed by atoms with E-state index >= 15 is 0 Å². The fourth-order valence-corrected chi connectivity index (χ4v) is 15.8. The minimum absolute atomic E-state index is 0.0668. The highest BCUT2D eigenvalue weighted by atomic mass is 15.4. The molecule has 0 fully saturated rings. The molecule has 4 aliphatic heterocycles. The van der Waals surface area contributed by atoms with Gasteiger partial charge in [0.2, 0.25) is 11.4 Å². The van der Waals surface area contributed by atoms with Crippen LogP contribution in [0.5, 0.6) is 0 Å². The van der Waals surface area contributed by atoms with Gasteiger partial charge in [0.25, 0.3) is 0 Å². The molecule has 0 saturated heterocycles. The smallest absolute Gasteiger partial charge is 0.212 e. The Bertz CT molecular complexity index is 4930. The lowest BCUT2D eigenvalue weighted by Gasteiger charge is -2.32. The van der Waals surface area contributed by atoms with Gasteiger partial charge in [-0.3, -0.25) is 0 Å². The first-order valence-corrected chi connectivity index (χ1v) is 41.7.